The maximum atomic E-state index is 11.6. The summed E-state index contributed by atoms with van der Waals surface area (Å²) >= 11 is 1.56. The topological polar surface area (TPSA) is 65.8 Å². The number of hydrogen-bond acceptors (Lipinski definition) is 4. The Kier molecular flexibility index (Phi) is 3.42. The van der Waals surface area contributed by atoms with Crippen molar-refractivity contribution in [2.75, 3.05) is 6.54 Å². The van der Waals surface area contributed by atoms with Gasteiger partial charge in [-0.15, -0.1) is 11.3 Å². The van der Waals surface area contributed by atoms with E-state index in [9.17, 15) is 4.79 Å². The van der Waals surface area contributed by atoms with Crippen LogP contribution in [-0.4, -0.2) is 20.9 Å². The number of nitrogens with zero attached hydrogens (tertiary/aromatic N) is 3. The van der Waals surface area contributed by atoms with E-state index in [2.05, 4.69) is 16.9 Å². The van der Waals surface area contributed by atoms with Crippen LogP contribution >= 0.6 is 11.3 Å². The van der Waals surface area contributed by atoms with Crippen molar-refractivity contribution in [2.24, 2.45) is 12.8 Å². The van der Waals surface area contributed by atoms with Gasteiger partial charge in [-0.25, -0.2) is 9.48 Å². The second kappa shape index (κ2) is 4.99. The third-order valence-electron chi connectivity index (χ3n) is 2.25. The van der Waals surface area contributed by atoms with Crippen molar-refractivity contribution in [1.29, 1.82) is 0 Å². The molecule has 17 heavy (non-hydrogen) atoms. The van der Waals surface area contributed by atoms with Gasteiger partial charge in [-0.05, 0) is 11.4 Å². The summed E-state index contributed by atoms with van der Waals surface area (Å²) in [4.78, 5) is 12.7. The zero-order valence-electron chi connectivity index (χ0n) is 9.38. The molecule has 2 aromatic rings. The van der Waals surface area contributed by atoms with Crippen LogP contribution in [0.25, 0.3) is 0 Å². The van der Waals surface area contributed by atoms with E-state index in [1.807, 2.05) is 11.4 Å². The molecule has 0 aromatic carbocycles. The molecule has 0 bridgehead atoms. The highest BCUT2D eigenvalue weighted by atomic mass is 32.1. The molecule has 5 nitrogen and oxygen atoms in total. The molecule has 0 unspecified atom stereocenters. The van der Waals surface area contributed by atoms with Gasteiger partial charge in [0.15, 0.2) is 0 Å². The Hall–Kier alpha value is -1.84. The van der Waals surface area contributed by atoms with Crippen molar-refractivity contribution in [1.82, 2.24) is 14.3 Å². The minimum Gasteiger partial charge on any atom is -0.320 e. The number of aromatic nitrogens is 3. The van der Waals surface area contributed by atoms with Gasteiger partial charge in [0.1, 0.15) is 6.33 Å². The van der Waals surface area contributed by atoms with Crippen LogP contribution in [0.1, 0.15) is 10.4 Å². The average Bonchev–Trinajstić information content (AvgIpc) is 2.89. The molecule has 6 heteroatoms. The summed E-state index contributed by atoms with van der Waals surface area (Å²) in [7, 11) is 1.68. The van der Waals surface area contributed by atoms with Gasteiger partial charge in [-0.1, -0.05) is 11.8 Å². The van der Waals surface area contributed by atoms with Crippen LogP contribution in [0.4, 0.5) is 0 Å². The Morgan fingerprint density at radius 1 is 1.59 bits per heavy atom. The molecule has 0 amide bonds. The zero-order valence-corrected chi connectivity index (χ0v) is 10.2. The smallest absolute Gasteiger partial charge is 0.320 e. The minimum atomic E-state index is -0.129. The van der Waals surface area contributed by atoms with Crippen molar-refractivity contribution in [3.8, 4) is 11.8 Å². The summed E-state index contributed by atoms with van der Waals surface area (Å²) in [6.45, 7) is 0.782. The first-order valence-corrected chi connectivity index (χ1v) is 5.94. The molecule has 0 fully saturated rings. The van der Waals surface area contributed by atoms with E-state index in [0.29, 0.717) is 13.1 Å². The molecule has 0 aliphatic carbocycles. The van der Waals surface area contributed by atoms with Crippen LogP contribution in [0.3, 0.4) is 0 Å². The lowest BCUT2D eigenvalue weighted by Crippen LogP contribution is -2.23. The molecule has 0 aliphatic heterocycles. The third kappa shape index (κ3) is 2.46. The van der Waals surface area contributed by atoms with Crippen molar-refractivity contribution in [3.05, 3.63) is 38.7 Å². The summed E-state index contributed by atoms with van der Waals surface area (Å²) in [6.07, 6.45) is 1.50. The summed E-state index contributed by atoms with van der Waals surface area (Å²) in [5.74, 6) is 5.79. The van der Waals surface area contributed by atoms with Crippen LogP contribution in [0.15, 0.2) is 22.6 Å². The molecule has 0 radical (unpaired) electrons. The van der Waals surface area contributed by atoms with Gasteiger partial charge < -0.3 is 5.73 Å². The van der Waals surface area contributed by atoms with Gasteiger partial charge in [0.25, 0.3) is 0 Å². The number of nitrogens with two attached hydrogens (primary N) is 1. The monoisotopic (exact) mass is 248 g/mol. The highest BCUT2D eigenvalue weighted by Gasteiger charge is 2.07. The third-order valence-corrected chi connectivity index (χ3v) is 3.16. The van der Waals surface area contributed by atoms with Gasteiger partial charge >= 0.3 is 5.69 Å². The lowest BCUT2D eigenvalue weighted by molar-refractivity contribution is 0.652. The standard InChI is InChI=1S/C11H12N4OS/c1-14-8-13-15(11(14)16)7-10-9(3-2-5-12)4-6-17-10/h4,6,8H,5,7,12H2,1H3. The van der Waals surface area contributed by atoms with Crippen molar-refractivity contribution in [2.45, 2.75) is 6.54 Å². The van der Waals surface area contributed by atoms with E-state index in [0.717, 1.165) is 10.4 Å². The molecular formula is C11H12N4OS. The Labute approximate surface area is 102 Å². The van der Waals surface area contributed by atoms with Gasteiger partial charge in [0.05, 0.1) is 13.1 Å². The van der Waals surface area contributed by atoms with Crippen LogP contribution in [0.5, 0.6) is 0 Å². The van der Waals surface area contributed by atoms with Gasteiger partial charge in [-0.3, -0.25) is 4.57 Å². The maximum Gasteiger partial charge on any atom is 0.345 e. The Morgan fingerprint density at radius 2 is 2.41 bits per heavy atom. The average molecular weight is 248 g/mol. The molecule has 0 spiro atoms. The molecule has 0 atom stereocenters. The minimum absolute atomic E-state index is 0.129. The predicted octanol–water partition coefficient (Wildman–Crippen LogP) is 0.00180. The fourth-order valence-corrected chi connectivity index (χ4v) is 2.20. The molecule has 2 heterocycles. The van der Waals surface area contributed by atoms with E-state index in [1.165, 1.54) is 15.6 Å². The zero-order chi connectivity index (χ0) is 12.3. The van der Waals surface area contributed by atoms with E-state index in [1.54, 1.807) is 18.4 Å². The summed E-state index contributed by atoms with van der Waals surface area (Å²) in [5, 5.41) is 5.96. The number of aryl methyl sites for hydroxylation is 1. The summed E-state index contributed by atoms with van der Waals surface area (Å²) in [5.41, 5.74) is 6.12. The van der Waals surface area contributed by atoms with E-state index >= 15 is 0 Å². The van der Waals surface area contributed by atoms with Crippen LogP contribution < -0.4 is 11.4 Å². The molecule has 2 N–H and O–H groups in total. The van der Waals surface area contributed by atoms with Crippen molar-refractivity contribution >= 4 is 11.3 Å². The van der Waals surface area contributed by atoms with Gasteiger partial charge in [-0.2, -0.15) is 5.10 Å². The largest absolute Gasteiger partial charge is 0.345 e. The lowest BCUT2D eigenvalue weighted by atomic mass is 10.2. The van der Waals surface area contributed by atoms with Crippen LogP contribution in [0, 0.1) is 11.8 Å². The second-order valence-corrected chi connectivity index (χ2v) is 4.45. The van der Waals surface area contributed by atoms with Crippen molar-refractivity contribution in [3.63, 3.8) is 0 Å². The van der Waals surface area contributed by atoms with Crippen LogP contribution in [-0.2, 0) is 13.6 Å². The molecule has 0 aliphatic rings. The Morgan fingerprint density at radius 3 is 3.06 bits per heavy atom. The van der Waals surface area contributed by atoms with Gasteiger partial charge in [0.2, 0.25) is 0 Å². The van der Waals surface area contributed by atoms with E-state index in [-0.39, 0.29) is 5.69 Å². The number of hydrogen-bond donors (Lipinski definition) is 1. The van der Waals surface area contributed by atoms with E-state index in [4.69, 9.17) is 5.73 Å². The highest BCUT2D eigenvalue weighted by molar-refractivity contribution is 7.10. The normalized spacial score (nSPS) is 10.0. The number of rotatable bonds is 2. The maximum absolute atomic E-state index is 11.6. The first-order valence-electron chi connectivity index (χ1n) is 5.06. The molecular weight excluding hydrogens is 236 g/mol. The second-order valence-electron chi connectivity index (χ2n) is 3.45. The first kappa shape index (κ1) is 11.6. The fourth-order valence-electron chi connectivity index (χ4n) is 1.39. The van der Waals surface area contributed by atoms with Gasteiger partial charge in [0, 0.05) is 17.5 Å². The number of thiophene rings is 1. The SMILES string of the molecule is Cn1cnn(Cc2sccc2C#CCN)c1=O. The van der Waals surface area contributed by atoms with E-state index < -0.39 is 0 Å². The Bertz CT molecular complexity index is 626. The quantitative estimate of drug-likeness (QED) is 0.761. The molecule has 88 valence electrons. The van der Waals surface area contributed by atoms with Crippen LogP contribution in [0.2, 0.25) is 0 Å². The first-order chi connectivity index (χ1) is 8.22. The predicted molar refractivity (Wildman–Crippen MR) is 66.8 cm³/mol. The lowest BCUT2D eigenvalue weighted by Gasteiger charge is -1.97. The summed E-state index contributed by atoms with van der Waals surface area (Å²) in [6, 6.07) is 1.93. The highest BCUT2D eigenvalue weighted by Crippen LogP contribution is 2.16. The molecule has 0 saturated heterocycles. The fraction of sp³-hybridized carbons (Fsp3) is 0.273. The summed E-state index contributed by atoms with van der Waals surface area (Å²) < 4.78 is 2.86. The molecule has 0 saturated carbocycles. The Balaban J connectivity index is 2.28. The molecule has 2 rings (SSSR count). The van der Waals surface area contributed by atoms with Crippen molar-refractivity contribution < 1.29 is 0 Å². The molecule has 2 aromatic heterocycles.